The van der Waals surface area contributed by atoms with Crippen LogP contribution in [0.3, 0.4) is 0 Å². The maximum absolute atomic E-state index is 11.9. The lowest BCUT2D eigenvalue weighted by Crippen LogP contribution is -2.31. The van der Waals surface area contributed by atoms with Gasteiger partial charge in [-0.2, -0.15) is 5.26 Å². The molecule has 118 valence electrons. The lowest BCUT2D eigenvalue weighted by atomic mass is 10.1. The molecule has 0 heterocycles. The zero-order valence-electron chi connectivity index (χ0n) is 12.3. The van der Waals surface area contributed by atoms with E-state index in [-0.39, 0.29) is 18.6 Å². The highest BCUT2D eigenvalue weighted by Gasteiger charge is 2.11. The van der Waals surface area contributed by atoms with Crippen LogP contribution in [0.1, 0.15) is 24.1 Å². The maximum Gasteiger partial charge on any atom is 0.258 e. The molecule has 0 radical (unpaired) electrons. The summed E-state index contributed by atoms with van der Waals surface area (Å²) in [5, 5.41) is 12.4. The van der Waals surface area contributed by atoms with Crippen LogP contribution in [0, 0.1) is 11.3 Å². The van der Waals surface area contributed by atoms with E-state index in [4.69, 9.17) is 33.2 Å². The Hall–Kier alpha value is -2.22. The molecule has 0 fully saturated rings. The third-order valence-corrected chi connectivity index (χ3v) is 3.91. The fourth-order valence-corrected chi connectivity index (χ4v) is 2.23. The normalized spacial score (nSPS) is 11.4. The molecule has 0 bridgehead atoms. The van der Waals surface area contributed by atoms with Crippen molar-refractivity contribution in [1.82, 2.24) is 5.32 Å². The number of ether oxygens (including phenoxy) is 1. The van der Waals surface area contributed by atoms with Gasteiger partial charge in [0.1, 0.15) is 5.75 Å². The van der Waals surface area contributed by atoms with Gasteiger partial charge in [-0.25, -0.2) is 0 Å². The number of amides is 1. The first-order valence-electron chi connectivity index (χ1n) is 6.87. The molecule has 1 N–H and O–H groups in total. The molecule has 0 saturated heterocycles. The van der Waals surface area contributed by atoms with Gasteiger partial charge in [0.15, 0.2) is 6.61 Å². The number of hydrogen-bond donors (Lipinski definition) is 1. The van der Waals surface area contributed by atoms with Gasteiger partial charge in [0.2, 0.25) is 0 Å². The van der Waals surface area contributed by atoms with Crippen LogP contribution in [0.2, 0.25) is 10.0 Å². The Bertz CT molecular complexity index is 739. The largest absolute Gasteiger partial charge is 0.484 e. The van der Waals surface area contributed by atoms with Crippen molar-refractivity contribution >= 4 is 29.1 Å². The van der Waals surface area contributed by atoms with Crippen LogP contribution in [0.5, 0.6) is 5.75 Å². The molecule has 0 aliphatic carbocycles. The van der Waals surface area contributed by atoms with Gasteiger partial charge >= 0.3 is 0 Å². The van der Waals surface area contributed by atoms with Crippen molar-refractivity contribution in [2.24, 2.45) is 0 Å². The topological polar surface area (TPSA) is 62.1 Å². The molecule has 0 aliphatic rings. The molecule has 4 nitrogen and oxygen atoms in total. The van der Waals surface area contributed by atoms with Gasteiger partial charge in [-0.15, -0.1) is 0 Å². The van der Waals surface area contributed by atoms with Crippen molar-refractivity contribution in [3.05, 3.63) is 63.6 Å². The second kappa shape index (κ2) is 7.87. The van der Waals surface area contributed by atoms with Crippen LogP contribution >= 0.6 is 23.2 Å². The molecule has 23 heavy (non-hydrogen) atoms. The number of carbonyl (C=O) groups excluding carboxylic acids is 1. The second-order valence-electron chi connectivity index (χ2n) is 4.89. The van der Waals surface area contributed by atoms with Crippen LogP contribution in [0.25, 0.3) is 0 Å². The van der Waals surface area contributed by atoms with Crippen molar-refractivity contribution in [3.8, 4) is 11.8 Å². The third kappa shape index (κ3) is 4.88. The number of nitriles is 1. The molecule has 0 unspecified atom stereocenters. The molecular weight excluding hydrogens is 335 g/mol. The summed E-state index contributed by atoms with van der Waals surface area (Å²) in [5.41, 5.74) is 1.39. The van der Waals surface area contributed by atoms with E-state index in [1.807, 2.05) is 13.0 Å². The molecule has 6 heteroatoms. The van der Waals surface area contributed by atoms with Crippen molar-refractivity contribution in [2.75, 3.05) is 6.61 Å². The van der Waals surface area contributed by atoms with E-state index in [0.29, 0.717) is 21.4 Å². The number of halogens is 2. The summed E-state index contributed by atoms with van der Waals surface area (Å²) in [4.78, 5) is 11.9. The Kier molecular flexibility index (Phi) is 5.86. The average Bonchev–Trinajstić information content (AvgIpc) is 2.55. The number of benzene rings is 2. The van der Waals surface area contributed by atoms with Gasteiger partial charge in [0.05, 0.1) is 27.7 Å². The summed E-state index contributed by atoms with van der Waals surface area (Å²) < 4.78 is 5.38. The van der Waals surface area contributed by atoms with Gasteiger partial charge in [-0.05, 0) is 48.9 Å². The van der Waals surface area contributed by atoms with E-state index in [2.05, 4.69) is 5.32 Å². The molecule has 0 spiro atoms. The van der Waals surface area contributed by atoms with E-state index < -0.39 is 0 Å². The van der Waals surface area contributed by atoms with Gasteiger partial charge in [-0.3, -0.25) is 4.79 Å². The standard InChI is InChI=1S/C17H14Cl2N2O2/c1-11(13-4-7-15(18)16(19)8-13)21-17(22)10-23-14-5-2-12(9-20)3-6-14/h2-8,11H,10H2,1H3,(H,21,22)/t11-/m1/s1. The first-order valence-corrected chi connectivity index (χ1v) is 7.62. The SMILES string of the molecule is C[C@@H](NC(=O)COc1ccc(C#N)cc1)c1ccc(Cl)c(Cl)c1. The summed E-state index contributed by atoms with van der Waals surface area (Å²) >= 11 is 11.8. The highest BCUT2D eigenvalue weighted by molar-refractivity contribution is 6.42. The Morgan fingerprint density at radius 2 is 1.91 bits per heavy atom. The molecule has 2 aromatic carbocycles. The first kappa shape index (κ1) is 17.1. The number of rotatable bonds is 5. The Morgan fingerprint density at radius 3 is 2.52 bits per heavy atom. The molecular formula is C17H14Cl2N2O2. The minimum Gasteiger partial charge on any atom is -0.484 e. The van der Waals surface area contributed by atoms with Gasteiger partial charge in [0.25, 0.3) is 5.91 Å². The molecule has 1 atom stereocenters. The van der Waals surface area contributed by atoms with E-state index in [9.17, 15) is 4.79 Å². The minimum atomic E-state index is -0.257. The van der Waals surface area contributed by atoms with E-state index in [0.717, 1.165) is 5.56 Å². The zero-order valence-corrected chi connectivity index (χ0v) is 13.9. The number of nitrogens with one attached hydrogen (secondary N) is 1. The number of nitrogens with zero attached hydrogens (tertiary/aromatic N) is 1. The predicted octanol–water partition coefficient (Wildman–Crippen LogP) is 4.12. The third-order valence-electron chi connectivity index (χ3n) is 3.17. The summed E-state index contributed by atoms with van der Waals surface area (Å²) in [7, 11) is 0. The zero-order chi connectivity index (χ0) is 16.8. The highest BCUT2D eigenvalue weighted by atomic mass is 35.5. The van der Waals surface area contributed by atoms with Crippen molar-refractivity contribution in [1.29, 1.82) is 5.26 Å². The van der Waals surface area contributed by atoms with E-state index in [1.165, 1.54) is 0 Å². The van der Waals surface area contributed by atoms with Crippen molar-refractivity contribution in [3.63, 3.8) is 0 Å². The van der Waals surface area contributed by atoms with Crippen molar-refractivity contribution < 1.29 is 9.53 Å². The smallest absolute Gasteiger partial charge is 0.258 e. The lowest BCUT2D eigenvalue weighted by Gasteiger charge is -2.15. The molecule has 0 saturated carbocycles. The second-order valence-corrected chi connectivity index (χ2v) is 5.70. The fraction of sp³-hybridized carbons (Fsp3) is 0.176. The fourth-order valence-electron chi connectivity index (χ4n) is 1.92. The predicted molar refractivity (Wildman–Crippen MR) is 89.7 cm³/mol. The molecule has 2 rings (SSSR count). The van der Waals surface area contributed by atoms with Crippen LogP contribution < -0.4 is 10.1 Å². The molecule has 0 aliphatic heterocycles. The van der Waals surface area contributed by atoms with Crippen LogP contribution in [0.4, 0.5) is 0 Å². The number of hydrogen-bond acceptors (Lipinski definition) is 3. The lowest BCUT2D eigenvalue weighted by molar-refractivity contribution is -0.123. The number of carbonyl (C=O) groups is 1. The Morgan fingerprint density at radius 1 is 1.22 bits per heavy atom. The first-order chi connectivity index (χ1) is 11.0. The average molecular weight is 349 g/mol. The van der Waals surface area contributed by atoms with Gasteiger partial charge < -0.3 is 10.1 Å². The highest BCUT2D eigenvalue weighted by Crippen LogP contribution is 2.25. The summed E-state index contributed by atoms with van der Waals surface area (Å²) in [5.74, 6) is 0.272. The van der Waals surface area contributed by atoms with Gasteiger partial charge in [-0.1, -0.05) is 29.3 Å². The quantitative estimate of drug-likeness (QED) is 0.883. The van der Waals surface area contributed by atoms with Crippen LogP contribution in [-0.4, -0.2) is 12.5 Å². The summed E-state index contributed by atoms with van der Waals surface area (Å²) in [6.45, 7) is 1.73. The van der Waals surface area contributed by atoms with Crippen molar-refractivity contribution in [2.45, 2.75) is 13.0 Å². The Balaban J connectivity index is 1.88. The summed E-state index contributed by atoms with van der Waals surface area (Å²) in [6, 6.07) is 13.6. The van der Waals surface area contributed by atoms with Crippen LogP contribution in [-0.2, 0) is 4.79 Å². The monoisotopic (exact) mass is 348 g/mol. The maximum atomic E-state index is 11.9. The van der Waals surface area contributed by atoms with E-state index >= 15 is 0 Å². The molecule has 1 amide bonds. The molecule has 0 aromatic heterocycles. The minimum absolute atomic E-state index is 0.114. The Labute approximate surface area is 144 Å². The van der Waals surface area contributed by atoms with Gasteiger partial charge in [0, 0.05) is 0 Å². The summed E-state index contributed by atoms with van der Waals surface area (Å²) in [6.07, 6.45) is 0. The van der Waals surface area contributed by atoms with Crippen LogP contribution in [0.15, 0.2) is 42.5 Å². The van der Waals surface area contributed by atoms with E-state index in [1.54, 1.807) is 42.5 Å². The molecule has 2 aromatic rings.